The first-order chi connectivity index (χ1) is 7.31. The van der Waals surface area contributed by atoms with E-state index in [1.54, 1.807) is 30.7 Å². The molecule has 0 bridgehead atoms. The number of aromatic nitrogens is 1. The van der Waals surface area contributed by atoms with Crippen LogP contribution in [0, 0.1) is 0 Å². The highest BCUT2D eigenvalue weighted by Crippen LogP contribution is 2.18. The molecule has 2 aromatic heterocycles. The van der Waals surface area contributed by atoms with Gasteiger partial charge in [-0.05, 0) is 18.2 Å². The molecule has 2 aromatic rings. The average molecular weight is 203 g/mol. The van der Waals surface area contributed by atoms with E-state index in [0.717, 1.165) is 11.0 Å². The van der Waals surface area contributed by atoms with Crippen molar-refractivity contribution in [2.75, 3.05) is 7.11 Å². The van der Waals surface area contributed by atoms with Crippen LogP contribution >= 0.6 is 0 Å². The molecule has 4 nitrogen and oxygen atoms in total. The van der Waals surface area contributed by atoms with E-state index in [-0.39, 0.29) is 0 Å². The first-order valence-electron chi connectivity index (χ1n) is 4.39. The number of rotatable bonds is 2. The second kappa shape index (κ2) is 3.96. The van der Waals surface area contributed by atoms with E-state index in [4.69, 9.17) is 4.42 Å². The third-order valence-electron chi connectivity index (χ3n) is 1.99. The molecular weight excluding hydrogens is 194 g/mol. The highest BCUT2D eigenvalue weighted by molar-refractivity contribution is 5.91. The van der Waals surface area contributed by atoms with Gasteiger partial charge in [-0.2, -0.15) is 0 Å². The normalized spacial score (nSPS) is 11.0. The van der Waals surface area contributed by atoms with Gasteiger partial charge in [-0.15, -0.1) is 0 Å². The van der Waals surface area contributed by atoms with E-state index < -0.39 is 5.97 Å². The zero-order chi connectivity index (χ0) is 10.7. The van der Waals surface area contributed by atoms with Crippen LogP contribution in [-0.2, 0) is 9.53 Å². The topological polar surface area (TPSA) is 52.3 Å². The number of hydrogen-bond donors (Lipinski definition) is 0. The predicted octanol–water partition coefficient (Wildman–Crippen LogP) is 2.01. The molecule has 0 atom stereocenters. The van der Waals surface area contributed by atoms with Crippen LogP contribution in [0.4, 0.5) is 0 Å². The lowest BCUT2D eigenvalue weighted by atomic mass is 10.2. The van der Waals surface area contributed by atoms with E-state index in [1.807, 2.05) is 0 Å². The summed E-state index contributed by atoms with van der Waals surface area (Å²) < 4.78 is 9.69. The molecule has 0 saturated carbocycles. The van der Waals surface area contributed by atoms with Crippen LogP contribution in [0.3, 0.4) is 0 Å². The van der Waals surface area contributed by atoms with Crippen molar-refractivity contribution in [3.63, 3.8) is 0 Å². The smallest absolute Gasteiger partial charge is 0.330 e. The third kappa shape index (κ3) is 1.88. The van der Waals surface area contributed by atoms with Crippen molar-refractivity contribution >= 4 is 23.0 Å². The van der Waals surface area contributed by atoms with Gasteiger partial charge >= 0.3 is 5.97 Å². The Morgan fingerprint density at radius 2 is 2.40 bits per heavy atom. The molecule has 0 aromatic carbocycles. The van der Waals surface area contributed by atoms with Crippen molar-refractivity contribution in [3.8, 4) is 0 Å². The first-order valence-corrected chi connectivity index (χ1v) is 4.39. The summed E-state index contributed by atoms with van der Waals surface area (Å²) in [5, 5.41) is 0.873. The van der Waals surface area contributed by atoms with Gasteiger partial charge in [0.05, 0.1) is 19.1 Å². The van der Waals surface area contributed by atoms with E-state index in [9.17, 15) is 4.79 Å². The minimum atomic E-state index is -0.405. The average Bonchev–Trinajstić information content (AvgIpc) is 2.74. The molecule has 4 heteroatoms. The number of methoxy groups -OCH3 is 1. The molecule has 0 aliphatic carbocycles. The van der Waals surface area contributed by atoms with Gasteiger partial charge in [-0.1, -0.05) is 0 Å². The van der Waals surface area contributed by atoms with Gasteiger partial charge in [0.1, 0.15) is 5.58 Å². The first kappa shape index (κ1) is 9.45. The SMILES string of the molecule is COC(=O)/C=C\c1nccc2occc12. The number of fused-ring (bicyclic) bond motifs is 1. The molecule has 15 heavy (non-hydrogen) atoms. The van der Waals surface area contributed by atoms with Crippen molar-refractivity contribution in [2.24, 2.45) is 0 Å². The molecule has 2 heterocycles. The Hall–Kier alpha value is -2.10. The summed E-state index contributed by atoms with van der Waals surface area (Å²) in [5.41, 5.74) is 1.43. The summed E-state index contributed by atoms with van der Waals surface area (Å²) in [6.07, 6.45) is 6.14. The molecule has 0 fully saturated rings. The molecule has 2 rings (SSSR count). The molecule has 0 radical (unpaired) electrons. The molecule has 0 aliphatic rings. The van der Waals surface area contributed by atoms with Crippen molar-refractivity contribution in [3.05, 3.63) is 36.4 Å². The summed E-state index contributed by atoms with van der Waals surface area (Å²) in [6.45, 7) is 0. The zero-order valence-electron chi connectivity index (χ0n) is 8.14. The minimum absolute atomic E-state index is 0.405. The molecule has 0 aliphatic heterocycles. The molecule has 76 valence electrons. The van der Waals surface area contributed by atoms with Crippen molar-refractivity contribution < 1.29 is 13.9 Å². The van der Waals surface area contributed by atoms with Crippen LogP contribution in [-0.4, -0.2) is 18.1 Å². The maximum atomic E-state index is 10.9. The summed E-state index contributed by atoms with van der Waals surface area (Å²) in [7, 11) is 1.33. The lowest BCUT2D eigenvalue weighted by molar-refractivity contribution is -0.134. The Morgan fingerprint density at radius 3 is 3.20 bits per heavy atom. The lowest BCUT2D eigenvalue weighted by Crippen LogP contribution is -1.93. The molecule has 0 spiro atoms. The fraction of sp³-hybridized carbons (Fsp3) is 0.0909. The zero-order valence-corrected chi connectivity index (χ0v) is 8.14. The van der Waals surface area contributed by atoms with E-state index in [2.05, 4.69) is 9.72 Å². The van der Waals surface area contributed by atoms with Gasteiger partial charge in [-0.3, -0.25) is 4.98 Å². The number of esters is 1. The van der Waals surface area contributed by atoms with Crippen LogP contribution in [0.25, 0.3) is 17.0 Å². The molecular formula is C11H9NO3. The number of furan rings is 1. The van der Waals surface area contributed by atoms with E-state index in [0.29, 0.717) is 5.69 Å². The van der Waals surface area contributed by atoms with Crippen LogP contribution in [0.5, 0.6) is 0 Å². The fourth-order valence-corrected chi connectivity index (χ4v) is 1.26. The number of carbonyl (C=O) groups is 1. The number of ether oxygens (including phenoxy) is 1. The van der Waals surface area contributed by atoms with Crippen LogP contribution in [0.15, 0.2) is 35.1 Å². The Morgan fingerprint density at radius 1 is 1.53 bits per heavy atom. The molecule has 0 amide bonds. The second-order valence-corrected chi connectivity index (χ2v) is 2.89. The van der Waals surface area contributed by atoms with Crippen molar-refractivity contribution in [1.29, 1.82) is 0 Å². The van der Waals surface area contributed by atoms with Gasteiger partial charge in [0.25, 0.3) is 0 Å². The maximum absolute atomic E-state index is 10.9. The third-order valence-corrected chi connectivity index (χ3v) is 1.99. The van der Waals surface area contributed by atoms with Crippen molar-refractivity contribution in [1.82, 2.24) is 4.98 Å². The number of hydrogen-bond acceptors (Lipinski definition) is 4. The monoisotopic (exact) mass is 203 g/mol. The fourth-order valence-electron chi connectivity index (χ4n) is 1.26. The Balaban J connectivity index is 2.39. The van der Waals surface area contributed by atoms with Crippen LogP contribution < -0.4 is 0 Å². The predicted molar refractivity (Wildman–Crippen MR) is 55.1 cm³/mol. The Kier molecular flexibility index (Phi) is 2.49. The highest BCUT2D eigenvalue weighted by Gasteiger charge is 2.01. The largest absolute Gasteiger partial charge is 0.466 e. The number of nitrogens with zero attached hydrogens (tertiary/aromatic N) is 1. The number of carbonyl (C=O) groups excluding carboxylic acids is 1. The molecule has 0 unspecified atom stereocenters. The standard InChI is InChI=1S/C11H9NO3/c1-14-11(13)3-2-9-8-5-7-15-10(8)4-6-12-9/h2-7H,1H3/b3-2-. The van der Waals surface area contributed by atoms with Gasteiger partial charge < -0.3 is 9.15 Å². The van der Waals surface area contributed by atoms with Gasteiger partial charge in [0, 0.05) is 17.7 Å². The van der Waals surface area contributed by atoms with Gasteiger partial charge in [0.2, 0.25) is 0 Å². The summed E-state index contributed by atoms with van der Waals surface area (Å²) in [4.78, 5) is 15.0. The highest BCUT2D eigenvalue weighted by atomic mass is 16.5. The van der Waals surface area contributed by atoms with Gasteiger partial charge in [0.15, 0.2) is 0 Å². The van der Waals surface area contributed by atoms with Gasteiger partial charge in [-0.25, -0.2) is 4.79 Å². The second-order valence-electron chi connectivity index (χ2n) is 2.89. The Labute approximate surface area is 86.2 Å². The van der Waals surface area contributed by atoms with Crippen LogP contribution in [0.1, 0.15) is 5.69 Å². The summed E-state index contributed by atoms with van der Waals surface area (Å²) in [5.74, 6) is -0.405. The van der Waals surface area contributed by atoms with Crippen molar-refractivity contribution in [2.45, 2.75) is 0 Å². The van der Waals surface area contributed by atoms with E-state index >= 15 is 0 Å². The molecule has 0 saturated heterocycles. The van der Waals surface area contributed by atoms with Crippen LogP contribution in [0.2, 0.25) is 0 Å². The summed E-state index contributed by atoms with van der Waals surface area (Å²) in [6, 6.07) is 3.57. The minimum Gasteiger partial charge on any atom is -0.466 e. The molecule has 0 N–H and O–H groups in total. The lowest BCUT2D eigenvalue weighted by Gasteiger charge is -1.94. The Bertz CT molecular complexity index is 513. The summed E-state index contributed by atoms with van der Waals surface area (Å²) >= 11 is 0. The van der Waals surface area contributed by atoms with E-state index in [1.165, 1.54) is 13.2 Å². The maximum Gasteiger partial charge on any atom is 0.330 e. The quantitative estimate of drug-likeness (QED) is 0.553. The number of pyridine rings is 1.